The molecule has 1 heterocycles. The molecule has 3 rings (SSSR count). The number of hydrogen-bond donors (Lipinski definition) is 0. The minimum absolute atomic E-state index is 0.159. The van der Waals surface area contributed by atoms with Crippen LogP contribution < -0.4 is 0 Å². The van der Waals surface area contributed by atoms with Crippen LogP contribution in [-0.4, -0.2) is 35.6 Å². The van der Waals surface area contributed by atoms with Crippen LogP contribution in [0.25, 0.3) is 0 Å². The van der Waals surface area contributed by atoms with Gasteiger partial charge in [0.25, 0.3) is 0 Å². The first-order chi connectivity index (χ1) is 13.3. The van der Waals surface area contributed by atoms with E-state index < -0.39 is 0 Å². The largest absolute Gasteiger partial charge is 0.375 e. The third kappa shape index (κ3) is 5.56. The molecule has 1 amide bonds. The van der Waals surface area contributed by atoms with Gasteiger partial charge in [0.05, 0.1) is 5.60 Å². The summed E-state index contributed by atoms with van der Waals surface area (Å²) in [6.45, 7) is 7.48. The molecule has 0 aromatic heterocycles. The molecular formula is C24H36FNO2. The van der Waals surface area contributed by atoms with Gasteiger partial charge in [-0.15, -0.1) is 0 Å². The summed E-state index contributed by atoms with van der Waals surface area (Å²) in [7, 11) is 0. The molecule has 0 spiro atoms. The fourth-order valence-corrected chi connectivity index (χ4v) is 5.27. The van der Waals surface area contributed by atoms with Crippen molar-refractivity contribution in [2.24, 2.45) is 5.41 Å². The summed E-state index contributed by atoms with van der Waals surface area (Å²) in [6, 6.07) is 7.26. The van der Waals surface area contributed by atoms with Gasteiger partial charge >= 0.3 is 0 Å². The zero-order valence-electron chi connectivity index (χ0n) is 17.8. The molecule has 0 bridgehead atoms. The number of rotatable bonds is 6. The second-order valence-electron chi connectivity index (χ2n) is 9.58. The Labute approximate surface area is 169 Å². The van der Waals surface area contributed by atoms with E-state index in [0.29, 0.717) is 0 Å². The molecule has 1 saturated heterocycles. The Morgan fingerprint density at radius 3 is 2.46 bits per heavy atom. The predicted octanol–water partition coefficient (Wildman–Crippen LogP) is 5.51. The Morgan fingerprint density at radius 2 is 1.86 bits per heavy atom. The standard InChI is InChI=1S/C24H36FNO2/c1-19(27)26(22-11-16-28-23(2,3)18-22)15-14-24(12-5-4-6-13-24)17-20-7-9-21(25)10-8-20/h7-10,22H,4-6,11-18H2,1-3H3/t22-/m1/s1. The molecule has 0 N–H and O–H groups in total. The Bertz CT molecular complexity index is 649. The van der Waals surface area contributed by atoms with Gasteiger partial charge in [0, 0.05) is 26.1 Å². The zero-order valence-corrected chi connectivity index (χ0v) is 17.8. The third-order valence-corrected chi connectivity index (χ3v) is 6.81. The van der Waals surface area contributed by atoms with Crippen LogP contribution in [0.2, 0.25) is 0 Å². The topological polar surface area (TPSA) is 29.5 Å². The molecule has 1 aliphatic heterocycles. The van der Waals surface area contributed by atoms with Crippen LogP contribution in [0, 0.1) is 11.2 Å². The summed E-state index contributed by atoms with van der Waals surface area (Å²) in [6.07, 6.45) is 10.1. The van der Waals surface area contributed by atoms with Crippen molar-refractivity contribution in [3.8, 4) is 0 Å². The lowest BCUT2D eigenvalue weighted by Gasteiger charge is -2.44. The van der Waals surface area contributed by atoms with Gasteiger partial charge in [-0.3, -0.25) is 4.79 Å². The van der Waals surface area contributed by atoms with Crippen LogP contribution in [0.5, 0.6) is 0 Å². The van der Waals surface area contributed by atoms with Gasteiger partial charge in [-0.2, -0.15) is 0 Å². The highest BCUT2D eigenvalue weighted by molar-refractivity contribution is 5.73. The Balaban J connectivity index is 1.70. The normalized spacial score (nSPS) is 23.9. The summed E-state index contributed by atoms with van der Waals surface area (Å²) in [5.41, 5.74) is 1.28. The van der Waals surface area contributed by atoms with Crippen LogP contribution in [0.1, 0.15) is 77.7 Å². The molecule has 1 aromatic rings. The number of nitrogens with zero attached hydrogens (tertiary/aromatic N) is 1. The van der Waals surface area contributed by atoms with Crippen molar-refractivity contribution >= 4 is 5.91 Å². The maximum Gasteiger partial charge on any atom is 0.219 e. The highest BCUT2D eigenvalue weighted by Gasteiger charge is 2.36. The number of hydrogen-bond acceptors (Lipinski definition) is 2. The lowest BCUT2D eigenvalue weighted by Crippen LogP contribution is -2.49. The molecule has 3 nitrogen and oxygen atoms in total. The van der Waals surface area contributed by atoms with E-state index in [2.05, 4.69) is 18.7 Å². The van der Waals surface area contributed by atoms with Crippen LogP contribution >= 0.6 is 0 Å². The number of ether oxygens (including phenoxy) is 1. The molecule has 2 aliphatic rings. The van der Waals surface area contributed by atoms with Crippen molar-refractivity contribution < 1.29 is 13.9 Å². The van der Waals surface area contributed by atoms with E-state index in [0.717, 1.165) is 38.8 Å². The molecule has 1 aliphatic carbocycles. The summed E-state index contributed by atoms with van der Waals surface area (Å²) in [5.74, 6) is 0.00164. The van der Waals surface area contributed by atoms with Crippen LogP contribution in [0.3, 0.4) is 0 Å². The van der Waals surface area contributed by atoms with Gasteiger partial charge < -0.3 is 9.64 Å². The molecule has 0 radical (unpaired) electrons. The second-order valence-corrected chi connectivity index (χ2v) is 9.58. The average Bonchev–Trinajstić information content (AvgIpc) is 2.64. The molecule has 0 unspecified atom stereocenters. The first-order valence-corrected chi connectivity index (χ1v) is 10.9. The van der Waals surface area contributed by atoms with Crippen molar-refractivity contribution in [3.63, 3.8) is 0 Å². The summed E-state index contributed by atoms with van der Waals surface area (Å²) >= 11 is 0. The Morgan fingerprint density at radius 1 is 1.18 bits per heavy atom. The quantitative estimate of drug-likeness (QED) is 0.641. The highest BCUT2D eigenvalue weighted by Crippen LogP contribution is 2.42. The fourth-order valence-electron chi connectivity index (χ4n) is 5.27. The van der Waals surface area contributed by atoms with E-state index in [1.807, 2.05) is 12.1 Å². The zero-order chi connectivity index (χ0) is 20.2. The number of halogens is 1. The smallest absolute Gasteiger partial charge is 0.219 e. The molecule has 28 heavy (non-hydrogen) atoms. The number of benzene rings is 1. The van der Waals surface area contributed by atoms with Crippen molar-refractivity contribution in [1.82, 2.24) is 4.90 Å². The number of amides is 1. The van der Waals surface area contributed by atoms with Gasteiger partial charge in [-0.05, 0) is 75.5 Å². The molecule has 1 aromatic carbocycles. The fraction of sp³-hybridized carbons (Fsp3) is 0.708. The maximum atomic E-state index is 13.3. The summed E-state index contributed by atoms with van der Waals surface area (Å²) in [5, 5.41) is 0. The van der Waals surface area contributed by atoms with Gasteiger partial charge in [-0.25, -0.2) is 4.39 Å². The summed E-state index contributed by atoms with van der Waals surface area (Å²) in [4.78, 5) is 14.6. The first-order valence-electron chi connectivity index (χ1n) is 10.9. The van der Waals surface area contributed by atoms with E-state index in [9.17, 15) is 9.18 Å². The first kappa shape index (κ1) is 21.3. The highest BCUT2D eigenvalue weighted by atomic mass is 19.1. The summed E-state index contributed by atoms with van der Waals surface area (Å²) < 4.78 is 19.2. The van der Waals surface area contributed by atoms with Crippen LogP contribution in [0.4, 0.5) is 4.39 Å². The van der Waals surface area contributed by atoms with Gasteiger partial charge in [0.15, 0.2) is 0 Å². The van der Waals surface area contributed by atoms with E-state index >= 15 is 0 Å². The maximum absolute atomic E-state index is 13.3. The molecule has 2 fully saturated rings. The molecule has 4 heteroatoms. The van der Waals surface area contributed by atoms with E-state index in [1.54, 1.807) is 19.1 Å². The van der Waals surface area contributed by atoms with Gasteiger partial charge in [0.1, 0.15) is 5.82 Å². The minimum Gasteiger partial charge on any atom is -0.375 e. The lowest BCUT2D eigenvalue weighted by molar-refractivity contribution is -0.138. The number of carbonyl (C=O) groups is 1. The van der Waals surface area contributed by atoms with Gasteiger partial charge in [0.2, 0.25) is 5.91 Å². The average molecular weight is 390 g/mol. The second kappa shape index (κ2) is 8.94. The third-order valence-electron chi connectivity index (χ3n) is 6.81. The molecule has 1 atom stereocenters. The SMILES string of the molecule is CC(=O)N(CCC1(Cc2ccc(F)cc2)CCCCC1)[C@@H]1CCOC(C)(C)C1. The van der Waals surface area contributed by atoms with E-state index in [-0.39, 0.29) is 28.8 Å². The van der Waals surface area contributed by atoms with Crippen molar-refractivity contribution in [3.05, 3.63) is 35.6 Å². The van der Waals surface area contributed by atoms with E-state index in [1.165, 1.54) is 37.7 Å². The molecular weight excluding hydrogens is 353 g/mol. The van der Waals surface area contributed by atoms with Crippen LogP contribution in [0.15, 0.2) is 24.3 Å². The molecule has 1 saturated carbocycles. The Hall–Kier alpha value is -1.42. The molecule has 156 valence electrons. The van der Waals surface area contributed by atoms with Crippen molar-refractivity contribution in [2.75, 3.05) is 13.2 Å². The van der Waals surface area contributed by atoms with Crippen molar-refractivity contribution in [1.29, 1.82) is 0 Å². The Kier molecular flexibility index (Phi) is 6.80. The predicted molar refractivity (Wildman–Crippen MR) is 111 cm³/mol. The van der Waals surface area contributed by atoms with Crippen LogP contribution in [-0.2, 0) is 16.0 Å². The number of carbonyl (C=O) groups excluding carboxylic acids is 1. The minimum atomic E-state index is -0.175. The van der Waals surface area contributed by atoms with E-state index in [4.69, 9.17) is 4.74 Å². The lowest BCUT2D eigenvalue weighted by atomic mass is 9.68. The van der Waals surface area contributed by atoms with Gasteiger partial charge in [-0.1, -0.05) is 31.4 Å². The van der Waals surface area contributed by atoms with Crippen molar-refractivity contribution in [2.45, 2.75) is 90.2 Å². The monoisotopic (exact) mass is 389 g/mol.